The second-order valence-electron chi connectivity index (χ2n) is 4.25. The topological polar surface area (TPSA) is 105 Å². The Morgan fingerprint density at radius 1 is 1.29 bits per heavy atom. The highest BCUT2D eigenvalue weighted by Crippen LogP contribution is 2.20. The Bertz CT molecular complexity index is 878. The normalized spacial score (nSPS) is 10.4. The van der Waals surface area contributed by atoms with Gasteiger partial charge in [-0.25, -0.2) is 14.8 Å². The molecule has 0 unspecified atom stereocenters. The van der Waals surface area contributed by atoms with Gasteiger partial charge >= 0.3 is 5.97 Å². The summed E-state index contributed by atoms with van der Waals surface area (Å²) in [4.78, 5) is 23.4. The van der Waals surface area contributed by atoms with Gasteiger partial charge in [0.1, 0.15) is 5.82 Å². The van der Waals surface area contributed by atoms with Crippen LogP contribution in [-0.4, -0.2) is 30.6 Å². The van der Waals surface area contributed by atoms with Crippen LogP contribution in [0, 0.1) is 11.3 Å². The first-order valence-electron chi connectivity index (χ1n) is 6.09. The van der Waals surface area contributed by atoms with Crippen molar-refractivity contribution in [2.24, 2.45) is 0 Å². The number of fused-ring (bicyclic) bond motifs is 1. The summed E-state index contributed by atoms with van der Waals surface area (Å²) in [6, 6.07) is 9.38. The Labute approximate surface area is 119 Å². The van der Waals surface area contributed by atoms with E-state index in [4.69, 9.17) is 10.4 Å². The van der Waals surface area contributed by atoms with Crippen LogP contribution in [0.2, 0.25) is 0 Å². The van der Waals surface area contributed by atoms with Crippen LogP contribution in [0.4, 0.5) is 0 Å². The summed E-state index contributed by atoms with van der Waals surface area (Å²) >= 11 is 0. The Morgan fingerprint density at radius 2 is 2.10 bits per heavy atom. The zero-order valence-electron chi connectivity index (χ0n) is 10.8. The molecule has 7 heteroatoms. The molecule has 3 aromatic rings. The van der Waals surface area contributed by atoms with Crippen molar-refractivity contribution in [1.82, 2.24) is 19.5 Å². The van der Waals surface area contributed by atoms with Crippen LogP contribution in [0.3, 0.4) is 0 Å². The summed E-state index contributed by atoms with van der Waals surface area (Å²) < 4.78 is 1.65. The van der Waals surface area contributed by atoms with E-state index in [1.165, 1.54) is 12.4 Å². The summed E-state index contributed by atoms with van der Waals surface area (Å²) in [6.07, 6.45) is 2.71. The molecule has 0 aliphatic carbocycles. The average molecular weight is 279 g/mol. The van der Waals surface area contributed by atoms with Crippen molar-refractivity contribution in [3.05, 3.63) is 48.2 Å². The number of aromatic carboxylic acids is 1. The fraction of sp³-hybridized carbons (Fsp3) is 0.0714. The van der Waals surface area contributed by atoms with Gasteiger partial charge in [-0.1, -0.05) is 12.1 Å². The third-order valence-electron chi connectivity index (χ3n) is 2.94. The largest absolute Gasteiger partial charge is 0.476 e. The van der Waals surface area contributed by atoms with Crippen molar-refractivity contribution in [3.63, 3.8) is 0 Å². The van der Waals surface area contributed by atoms with Gasteiger partial charge in [0.15, 0.2) is 11.5 Å². The predicted molar refractivity (Wildman–Crippen MR) is 72.9 cm³/mol. The molecule has 0 aliphatic rings. The molecular weight excluding hydrogens is 270 g/mol. The molecule has 2 heterocycles. The number of nitrogens with zero attached hydrogens (tertiary/aromatic N) is 5. The number of carboxylic acid groups (broad SMARTS) is 1. The summed E-state index contributed by atoms with van der Waals surface area (Å²) in [6.45, 7) is 0. The van der Waals surface area contributed by atoms with Crippen LogP contribution in [0.25, 0.3) is 16.9 Å². The highest BCUT2D eigenvalue weighted by Gasteiger charge is 2.15. The Kier molecular flexibility index (Phi) is 3.04. The van der Waals surface area contributed by atoms with E-state index in [0.717, 1.165) is 5.52 Å². The van der Waals surface area contributed by atoms with Crippen molar-refractivity contribution < 1.29 is 9.90 Å². The summed E-state index contributed by atoms with van der Waals surface area (Å²) in [5, 5.41) is 17.9. The summed E-state index contributed by atoms with van der Waals surface area (Å²) in [5.41, 5.74) is 1.30. The number of aromatic nitrogens is 4. The Balaban J connectivity index is 2.28. The molecule has 2 aromatic heterocycles. The van der Waals surface area contributed by atoms with Crippen LogP contribution in [0.15, 0.2) is 36.7 Å². The zero-order valence-corrected chi connectivity index (χ0v) is 10.8. The van der Waals surface area contributed by atoms with E-state index in [-0.39, 0.29) is 12.1 Å². The van der Waals surface area contributed by atoms with Crippen LogP contribution >= 0.6 is 0 Å². The second kappa shape index (κ2) is 5.02. The SMILES string of the molecule is N#CCc1nc2ccccc2n1-c1cncc(C(=O)O)n1. The molecule has 0 saturated carbocycles. The van der Waals surface area contributed by atoms with Gasteiger partial charge in [-0.2, -0.15) is 5.26 Å². The minimum atomic E-state index is -1.16. The lowest BCUT2D eigenvalue weighted by Crippen LogP contribution is -2.08. The number of carbonyl (C=O) groups is 1. The maximum absolute atomic E-state index is 11.0. The zero-order chi connectivity index (χ0) is 14.8. The first-order valence-corrected chi connectivity index (χ1v) is 6.09. The van der Waals surface area contributed by atoms with Crippen molar-refractivity contribution in [3.8, 4) is 11.9 Å². The Hall–Kier alpha value is -3.27. The van der Waals surface area contributed by atoms with Crippen LogP contribution < -0.4 is 0 Å². The van der Waals surface area contributed by atoms with E-state index in [1.807, 2.05) is 30.3 Å². The van der Waals surface area contributed by atoms with Gasteiger partial charge < -0.3 is 5.11 Å². The van der Waals surface area contributed by atoms with Crippen molar-refractivity contribution in [2.75, 3.05) is 0 Å². The first kappa shape index (κ1) is 12.7. The minimum absolute atomic E-state index is 0.0909. The van der Waals surface area contributed by atoms with E-state index in [1.54, 1.807) is 4.57 Å². The quantitative estimate of drug-likeness (QED) is 0.780. The van der Waals surface area contributed by atoms with E-state index in [2.05, 4.69) is 15.0 Å². The maximum atomic E-state index is 11.0. The molecule has 1 N–H and O–H groups in total. The molecule has 0 saturated heterocycles. The third kappa shape index (κ3) is 2.19. The van der Waals surface area contributed by atoms with Crippen LogP contribution in [-0.2, 0) is 6.42 Å². The third-order valence-corrected chi connectivity index (χ3v) is 2.94. The number of rotatable bonds is 3. The molecule has 21 heavy (non-hydrogen) atoms. The van der Waals surface area contributed by atoms with Crippen LogP contribution in [0.5, 0.6) is 0 Å². The Morgan fingerprint density at radius 3 is 2.86 bits per heavy atom. The maximum Gasteiger partial charge on any atom is 0.356 e. The fourth-order valence-corrected chi connectivity index (χ4v) is 2.09. The summed E-state index contributed by atoms with van der Waals surface area (Å²) in [5.74, 6) is -0.333. The molecule has 3 rings (SSSR count). The number of hydrogen-bond donors (Lipinski definition) is 1. The van der Waals surface area contributed by atoms with Gasteiger partial charge in [0.25, 0.3) is 0 Å². The molecule has 0 bridgehead atoms. The standard InChI is InChI=1S/C14H9N5O2/c15-6-5-12-17-9-3-1-2-4-11(9)19(12)13-8-16-7-10(18-13)14(20)21/h1-4,7-8H,5H2,(H,20,21). The number of para-hydroxylation sites is 2. The number of benzene rings is 1. The molecule has 0 amide bonds. The van der Waals surface area contributed by atoms with E-state index >= 15 is 0 Å². The molecule has 0 radical (unpaired) electrons. The number of imidazole rings is 1. The smallest absolute Gasteiger partial charge is 0.356 e. The van der Waals surface area contributed by atoms with Gasteiger partial charge in [0.05, 0.1) is 35.9 Å². The average Bonchev–Trinajstić information content (AvgIpc) is 2.85. The van der Waals surface area contributed by atoms with E-state index < -0.39 is 5.97 Å². The highest BCUT2D eigenvalue weighted by molar-refractivity contribution is 5.85. The van der Waals surface area contributed by atoms with Crippen molar-refractivity contribution in [2.45, 2.75) is 6.42 Å². The summed E-state index contributed by atoms with van der Waals surface area (Å²) in [7, 11) is 0. The van der Waals surface area contributed by atoms with Crippen molar-refractivity contribution in [1.29, 1.82) is 5.26 Å². The number of nitriles is 1. The lowest BCUT2D eigenvalue weighted by Gasteiger charge is -2.06. The number of hydrogen-bond acceptors (Lipinski definition) is 5. The molecule has 0 aliphatic heterocycles. The van der Waals surface area contributed by atoms with Gasteiger partial charge in [-0.3, -0.25) is 9.55 Å². The van der Waals surface area contributed by atoms with Crippen LogP contribution in [0.1, 0.15) is 16.3 Å². The predicted octanol–water partition coefficient (Wildman–Crippen LogP) is 1.58. The molecule has 0 fully saturated rings. The highest BCUT2D eigenvalue weighted by atomic mass is 16.4. The monoisotopic (exact) mass is 279 g/mol. The minimum Gasteiger partial charge on any atom is -0.476 e. The van der Waals surface area contributed by atoms with Gasteiger partial charge in [0, 0.05) is 0 Å². The van der Waals surface area contributed by atoms with Crippen molar-refractivity contribution >= 4 is 17.0 Å². The molecule has 1 aromatic carbocycles. The fourth-order valence-electron chi connectivity index (χ4n) is 2.09. The molecule has 0 spiro atoms. The molecule has 0 atom stereocenters. The second-order valence-corrected chi connectivity index (χ2v) is 4.25. The number of carboxylic acids is 1. The lowest BCUT2D eigenvalue weighted by molar-refractivity contribution is 0.0690. The molecular formula is C14H9N5O2. The van der Waals surface area contributed by atoms with Gasteiger partial charge in [-0.15, -0.1) is 0 Å². The molecule has 7 nitrogen and oxygen atoms in total. The van der Waals surface area contributed by atoms with E-state index in [9.17, 15) is 4.79 Å². The van der Waals surface area contributed by atoms with E-state index in [0.29, 0.717) is 17.2 Å². The van der Waals surface area contributed by atoms with Gasteiger partial charge in [-0.05, 0) is 12.1 Å². The first-order chi connectivity index (χ1) is 10.2. The van der Waals surface area contributed by atoms with Gasteiger partial charge in [0.2, 0.25) is 0 Å². The lowest BCUT2D eigenvalue weighted by atomic mass is 10.3. The molecule has 102 valence electrons.